The Bertz CT molecular complexity index is 540. The second-order valence-corrected chi connectivity index (χ2v) is 3.78. The van der Waals surface area contributed by atoms with Crippen molar-refractivity contribution in [2.24, 2.45) is 5.73 Å². The molecule has 2 N–H and O–H groups in total. The zero-order valence-electron chi connectivity index (χ0n) is 9.59. The van der Waals surface area contributed by atoms with Gasteiger partial charge >= 0.3 is 0 Å². The molecule has 4 heteroatoms. The van der Waals surface area contributed by atoms with Gasteiger partial charge in [-0.05, 0) is 24.6 Å². The molecule has 1 amide bonds. The van der Waals surface area contributed by atoms with Gasteiger partial charge in [-0.2, -0.15) is 0 Å². The van der Waals surface area contributed by atoms with Gasteiger partial charge in [0.15, 0.2) is 6.10 Å². The Morgan fingerprint density at radius 1 is 1.47 bits per heavy atom. The Balaban J connectivity index is 2.27. The van der Waals surface area contributed by atoms with Crippen LogP contribution in [0.1, 0.15) is 13.3 Å². The molecule has 4 nitrogen and oxygen atoms in total. The minimum Gasteiger partial charge on any atom is -0.481 e. The number of nitrogens with two attached hydrogens (primary N) is 1. The van der Waals surface area contributed by atoms with Gasteiger partial charge in [-0.1, -0.05) is 13.0 Å². The SMILES string of the molecule is CCC(Oc1ccc2cccnc2c1)C(N)=O. The molecule has 0 fully saturated rings. The van der Waals surface area contributed by atoms with Crippen LogP contribution in [-0.4, -0.2) is 17.0 Å². The number of pyridine rings is 1. The topological polar surface area (TPSA) is 65.2 Å². The molecule has 2 rings (SSSR count). The molecule has 1 heterocycles. The number of carbonyl (C=O) groups is 1. The van der Waals surface area contributed by atoms with Gasteiger partial charge in [0.1, 0.15) is 5.75 Å². The third-order valence-electron chi connectivity index (χ3n) is 2.54. The van der Waals surface area contributed by atoms with Crippen molar-refractivity contribution in [3.05, 3.63) is 36.5 Å². The predicted molar refractivity (Wildman–Crippen MR) is 65.6 cm³/mol. The van der Waals surface area contributed by atoms with E-state index in [-0.39, 0.29) is 0 Å². The number of nitrogens with zero attached hydrogens (tertiary/aromatic N) is 1. The Morgan fingerprint density at radius 2 is 2.29 bits per heavy atom. The molecule has 0 aliphatic heterocycles. The largest absolute Gasteiger partial charge is 0.481 e. The monoisotopic (exact) mass is 230 g/mol. The molecule has 0 spiro atoms. The van der Waals surface area contributed by atoms with Gasteiger partial charge in [-0.15, -0.1) is 0 Å². The van der Waals surface area contributed by atoms with Crippen molar-refractivity contribution in [2.45, 2.75) is 19.4 Å². The van der Waals surface area contributed by atoms with Crippen LogP contribution < -0.4 is 10.5 Å². The minimum atomic E-state index is -0.587. The molecule has 1 aromatic carbocycles. The predicted octanol–water partition coefficient (Wildman–Crippen LogP) is 1.88. The molecular weight excluding hydrogens is 216 g/mol. The number of amides is 1. The van der Waals surface area contributed by atoms with Gasteiger partial charge in [0.05, 0.1) is 5.52 Å². The molecule has 1 unspecified atom stereocenters. The first-order chi connectivity index (χ1) is 8.20. The Morgan fingerprint density at radius 3 is 3.00 bits per heavy atom. The molecule has 0 saturated heterocycles. The van der Waals surface area contributed by atoms with E-state index in [9.17, 15) is 4.79 Å². The molecule has 2 aromatic rings. The van der Waals surface area contributed by atoms with Crippen molar-refractivity contribution in [1.29, 1.82) is 0 Å². The van der Waals surface area contributed by atoms with E-state index < -0.39 is 12.0 Å². The fourth-order valence-electron chi connectivity index (χ4n) is 1.63. The zero-order valence-corrected chi connectivity index (χ0v) is 9.59. The van der Waals surface area contributed by atoms with Crippen LogP contribution in [0.25, 0.3) is 10.9 Å². The summed E-state index contributed by atoms with van der Waals surface area (Å²) in [7, 11) is 0. The van der Waals surface area contributed by atoms with Gasteiger partial charge < -0.3 is 10.5 Å². The highest BCUT2D eigenvalue weighted by atomic mass is 16.5. The molecular formula is C13H14N2O2. The highest BCUT2D eigenvalue weighted by Crippen LogP contribution is 2.20. The molecule has 0 radical (unpaired) electrons. The molecule has 0 aliphatic rings. The molecule has 0 aliphatic carbocycles. The highest BCUT2D eigenvalue weighted by molar-refractivity contribution is 5.81. The maximum Gasteiger partial charge on any atom is 0.258 e. The molecule has 17 heavy (non-hydrogen) atoms. The van der Waals surface area contributed by atoms with Crippen molar-refractivity contribution in [3.63, 3.8) is 0 Å². The lowest BCUT2D eigenvalue weighted by Gasteiger charge is -2.14. The van der Waals surface area contributed by atoms with E-state index in [0.29, 0.717) is 12.2 Å². The first-order valence-corrected chi connectivity index (χ1v) is 5.51. The highest BCUT2D eigenvalue weighted by Gasteiger charge is 2.14. The lowest BCUT2D eigenvalue weighted by Crippen LogP contribution is -2.32. The van der Waals surface area contributed by atoms with Gasteiger partial charge in [-0.3, -0.25) is 9.78 Å². The second kappa shape index (κ2) is 4.82. The summed E-state index contributed by atoms with van der Waals surface area (Å²) in [6.45, 7) is 1.86. The van der Waals surface area contributed by atoms with E-state index in [0.717, 1.165) is 10.9 Å². The van der Waals surface area contributed by atoms with Gasteiger partial charge in [-0.25, -0.2) is 0 Å². The van der Waals surface area contributed by atoms with Crippen molar-refractivity contribution >= 4 is 16.8 Å². The summed E-state index contributed by atoms with van der Waals surface area (Å²) in [5.74, 6) is 0.162. The smallest absolute Gasteiger partial charge is 0.258 e. The van der Waals surface area contributed by atoms with E-state index in [1.165, 1.54) is 0 Å². The minimum absolute atomic E-state index is 0.450. The second-order valence-electron chi connectivity index (χ2n) is 3.78. The lowest BCUT2D eigenvalue weighted by molar-refractivity contribution is -0.124. The Kier molecular flexibility index (Phi) is 3.23. The van der Waals surface area contributed by atoms with E-state index in [1.807, 2.05) is 31.2 Å². The Labute approximate surface area is 99.4 Å². The summed E-state index contributed by atoms with van der Waals surface area (Å²) in [5.41, 5.74) is 6.07. The number of ether oxygens (including phenoxy) is 1. The van der Waals surface area contributed by atoms with Crippen molar-refractivity contribution in [3.8, 4) is 5.75 Å². The molecule has 0 saturated carbocycles. The molecule has 1 aromatic heterocycles. The van der Waals surface area contributed by atoms with Crippen LogP contribution in [0.15, 0.2) is 36.5 Å². The normalized spacial score (nSPS) is 12.3. The number of hydrogen-bond acceptors (Lipinski definition) is 3. The fourth-order valence-corrected chi connectivity index (χ4v) is 1.63. The first kappa shape index (κ1) is 11.4. The number of primary amides is 1. The number of rotatable bonds is 4. The summed E-state index contributed by atoms with van der Waals surface area (Å²) in [6.07, 6.45) is 1.68. The van der Waals surface area contributed by atoms with Crippen LogP contribution in [-0.2, 0) is 4.79 Å². The molecule has 1 atom stereocenters. The van der Waals surface area contributed by atoms with Crippen molar-refractivity contribution in [1.82, 2.24) is 4.98 Å². The quantitative estimate of drug-likeness (QED) is 0.872. The number of fused-ring (bicyclic) bond motifs is 1. The maximum atomic E-state index is 11.1. The maximum absolute atomic E-state index is 11.1. The lowest BCUT2D eigenvalue weighted by atomic mass is 10.2. The Hall–Kier alpha value is -2.10. The van der Waals surface area contributed by atoms with Crippen LogP contribution in [0, 0.1) is 0 Å². The third kappa shape index (κ3) is 2.53. The van der Waals surface area contributed by atoms with E-state index in [1.54, 1.807) is 12.3 Å². The van der Waals surface area contributed by atoms with Crippen LogP contribution in [0.5, 0.6) is 5.75 Å². The number of aromatic nitrogens is 1. The first-order valence-electron chi connectivity index (χ1n) is 5.51. The van der Waals surface area contributed by atoms with Crippen LogP contribution in [0.2, 0.25) is 0 Å². The van der Waals surface area contributed by atoms with E-state index in [4.69, 9.17) is 10.5 Å². The number of carbonyl (C=O) groups excluding carboxylic acids is 1. The number of hydrogen-bond donors (Lipinski definition) is 1. The van der Waals surface area contributed by atoms with Gasteiger partial charge in [0.2, 0.25) is 0 Å². The summed E-state index contributed by atoms with van der Waals surface area (Å²) in [4.78, 5) is 15.3. The van der Waals surface area contributed by atoms with E-state index >= 15 is 0 Å². The van der Waals surface area contributed by atoms with Gasteiger partial charge in [0.25, 0.3) is 5.91 Å². The summed E-state index contributed by atoms with van der Waals surface area (Å²) >= 11 is 0. The molecule has 0 bridgehead atoms. The summed E-state index contributed by atoms with van der Waals surface area (Å²) in [6, 6.07) is 9.38. The van der Waals surface area contributed by atoms with Crippen molar-refractivity contribution in [2.75, 3.05) is 0 Å². The average Bonchev–Trinajstić information content (AvgIpc) is 2.35. The standard InChI is InChI=1S/C13H14N2O2/c1-2-12(13(14)16)17-10-6-5-9-4-3-7-15-11(9)8-10/h3-8,12H,2H2,1H3,(H2,14,16). The number of benzene rings is 1. The third-order valence-corrected chi connectivity index (χ3v) is 2.54. The van der Waals surface area contributed by atoms with Crippen LogP contribution in [0.4, 0.5) is 0 Å². The van der Waals surface area contributed by atoms with Crippen LogP contribution >= 0.6 is 0 Å². The summed E-state index contributed by atoms with van der Waals surface area (Å²) in [5, 5.41) is 1.03. The fraction of sp³-hybridized carbons (Fsp3) is 0.231. The average molecular weight is 230 g/mol. The molecule has 88 valence electrons. The zero-order chi connectivity index (χ0) is 12.3. The van der Waals surface area contributed by atoms with Crippen LogP contribution in [0.3, 0.4) is 0 Å². The van der Waals surface area contributed by atoms with Gasteiger partial charge in [0, 0.05) is 17.6 Å². The van der Waals surface area contributed by atoms with E-state index in [2.05, 4.69) is 4.98 Å². The summed E-state index contributed by atoms with van der Waals surface area (Å²) < 4.78 is 5.52. The van der Waals surface area contributed by atoms with Crippen molar-refractivity contribution < 1.29 is 9.53 Å².